The van der Waals surface area contributed by atoms with Gasteiger partial charge in [0.05, 0.1) is 23.6 Å². The Labute approximate surface area is 148 Å². The molecule has 0 aliphatic rings. The second-order valence-corrected chi connectivity index (χ2v) is 7.09. The Balaban J connectivity index is 2.48. The summed E-state index contributed by atoms with van der Waals surface area (Å²) in [5.41, 5.74) is 1.75. The Bertz CT molecular complexity index is 764. The summed E-state index contributed by atoms with van der Waals surface area (Å²) in [5, 5.41) is 18.7. The van der Waals surface area contributed by atoms with E-state index in [0.29, 0.717) is 21.6 Å². The van der Waals surface area contributed by atoms with Crippen molar-refractivity contribution >= 4 is 46.7 Å². The first-order valence-corrected chi connectivity index (χ1v) is 8.97. The smallest absolute Gasteiger partial charge is 0.0855 e. The molecular weight excluding hydrogens is 355 g/mol. The summed E-state index contributed by atoms with van der Waals surface area (Å²) in [6, 6.07) is 15.4. The Morgan fingerprint density at radius 3 is 2.32 bits per heavy atom. The van der Waals surface area contributed by atoms with E-state index in [2.05, 4.69) is 12.1 Å². The van der Waals surface area contributed by atoms with Crippen LogP contribution >= 0.6 is 46.7 Å². The molecule has 0 aromatic heterocycles. The van der Waals surface area contributed by atoms with Crippen molar-refractivity contribution < 1.29 is 0 Å². The van der Waals surface area contributed by atoms with Gasteiger partial charge in [0.1, 0.15) is 0 Å². The van der Waals surface area contributed by atoms with Crippen molar-refractivity contribution in [1.29, 1.82) is 10.5 Å². The van der Waals surface area contributed by atoms with Crippen LogP contribution in [0.3, 0.4) is 0 Å². The molecule has 0 fully saturated rings. The molecular formula is C16H10Cl2N2S2. The van der Waals surface area contributed by atoms with Gasteiger partial charge in [-0.15, -0.1) is 23.5 Å². The van der Waals surface area contributed by atoms with E-state index in [1.165, 1.54) is 23.5 Å². The first-order valence-electron chi connectivity index (χ1n) is 6.24. The lowest BCUT2D eigenvalue weighted by Gasteiger charge is -2.12. The zero-order valence-corrected chi connectivity index (χ0v) is 14.5. The van der Waals surface area contributed by atoms with Crippen molar-refractivity contribution in [3.8, 4) is 23.3 Å². The quantitative estimate of drug-likeness (QED) is 0.620. The van der Waals surface area contributed by atoms with Gasteiger partial charge in [0.25, 0.3) is 0 Å². The average molecular weight is 365 g/mol. The van der Waals surface area contributed by atoms with Gasteiger partial charge in [-0.2, -0.15) is 10.5 Å². The molecule has 0 spiro atoms. The molecule has 0 saturated heterocycles. The van der Waals surface area contributed by atoms with Gasteiger partial charge in [0.15, 0.2) is 0 Å². The first-order chi connectivity index (χ1) is 10.7. The summed E-state index contributed by atoms with van der Waals surface area (Å²) in [6.07, 6.45) is 0. The van der Waals surface area contributed by atoms with Crippen molar-refractivity contribution in [2.75, 3.05) is 11.5 Å². The molecule has 2 nitrogen and oxygen atoms in total. The fraction of sp³-hybridized carbons (Fsp3) is 0.125. The summed E-state index contributed by atoms with van der Waals surface area (Å²) < 4.78 is 0. The van der Waals surface area contributed by atoms with Crippen LogP contribution in [0.4, 0.5) is 0 Å². The monoisotopic (exact) mass is 364 g/mol. The first kappa shape index (κ1) is 17.1. The number of nitriles is 2. The molecule has 6 heteroatoms. The lowest BCUT2D eigenvalue weighted by Crippen LogP contribution is -1.87. The number of benzene rings is 2. The van der Waals surface area contributed by atoms with Crippen molar-refractivity contribution in [2.24, 2.45) is 0 Å². The van der Waals surface area contributed by atoms with Crippen LogP contribution in [0, 0.1) is 22.7 Å². The predicted molar refractivity (Wildman–Crippen MR) is 94.6 cm³/mol. The molecule has 0 aliphatic heterocycles. The van der Waals surface area contributed by atoms with Crippen molar-refractivity contribution in [3.63, 3.8) is 0 Å². The molecule has 0 bridgehead atoms. The Morgan fingerprint density at radius 1 is 0.864 bits per heavy atom. The number of hydrogen-bond donors (Lipinski definition) is 0. The highest BCUT2D eigenvalue weighted by Gasteiger charge is 2.11. The van der Waals surface area contributed by atoms with E-state index in [9.17, 15) is 0 Å². The maximum atomic E-state index is 8.78. The van der Waals surface area contributed by atoms with Crippen LogP contribution in [0.5, 0.6) is 0 Å². The van der Waals surface area contributed by atoms with Crippen LogP contribution in [-0.4, -0.2) is 11.5 Å². The van der Waals surface area contributed by atoms with Crippen LogP contribution < -0.4 is 0 Å². The highest BCUT2D eigenvalue weighted by atomic mass is 35.5. The molecule has 0 atom stereocenters. The summed E-state index contributed by atoms with van der Waals surface area (Å²) in [6.45, 7) is 0. The molecule has 0 aliphatic carbocycles. The van der Waals surface area contributed by atoms with Gasteiger partial charge >= 0.3 is 0 Å². The third-order valence-corrected chi connectivity index (χ3v) is 5.13. The molecule has 0 unspecified atom stereocenters. The molecule has 2 rings (SSSR count). The molecule has 0 radical (unpaired) electrons. The third kappa shape index (κ3) is 4.35. The largest absolute Gasteiger partial charge is 0.197 e. The topological polar surface area (TPSA) is 47.6 Å². The molecule has 0 heterocycles. The SMILES string of the molecule is N#CCSc1ccc(Cl)c(-c2cc(Cl)ccc2SCC#N)c1. The molecule has 22 heavy (non-hydrogen) atoms. The Morgan fingerprint density at radius 2 is 1.59 bits per heavy atom. The number of hydrogen-bond acceptors (Lipinski definition) is 4. The summed E-state index contributed by atoms with van der Waals surface area (Å²) in [4.78, 5) is 1.92. The average Bonchev–Trinajstić information content (AvgIpc) is 2.53. The van der Waals surface area contributed by atoms with E-state index < -0.39 is 0 Å². The van der Waals surface area contributed by atoms with Gasteiger partial charge in [-0.05, 0) is 42.0 Å². The zero-order chi connectivity index (χ0) is 15.9. The molecule has 2 aromatic carbocycles. The van der Waals surface area contributed by atoms with Crippen LogP contribution in [0.1, 0.15) is 0 Å². The van der Waals surface area contributed by atoms with Gasteiger partial charge in [-0.3, -0.25) is 0 Å². The van der Waals surface area contributed by atoms with Gasteiger partial charge in [-0.25, -0.2) is 0 Å². The van der Waals surface area contributed by atoms with E-state index in [0.717, 1.165) is 20.9 Å². The van der Waals surface area contributed by atoms with Gasteiger partial charge in [0, 0.05) is 25.4 Å². The van der Waals surface area contributed by atoms with Crippen LogP contribution in [0.25, 0.3) is 11.1 Å². The van der Waals surface area contributed by atoms with Crippen molar-refractivity contribution in [2.45, 2.75) is 9.79 Å². The Hall–Kier alpha value is -1.30. The number of rotatable bonds is 5. The normalized spacial score (nSPS) is 10.0. The standard InChI is InChI=1S/C16H10Cl2N2S2/c17-11-1-4-16(22-8-6-20)14(9-11)13-10-12(21-7-5-19)2-3-15(13)18/h1-4,9-10H,7-8H2. The predicted octanol–water partition coefficient (Wildman–Crippen LogP) is 5.89. The second-order valence-electron chi connectivity index (χ2n) is 4.18. The minimum absolute atomic E-state index is 0.356. The fourth-order valence-corrected chi connectivity index (χ4v) is 3.56. The van der Waals surface area contributed by atoms with Crippen LogP contribution in [0.15, 0.2) is 46.2 Å². The zero-order valence-electron chi connectivity index (χ0n) is 11.3. The van der Waals surface area contributed by atoms with Gasteiger partial charge in [-0.1, -0.05) is 23.2 Å². The molecule has 110 valence electrons. The van der Waals surface area contributed by atoms with E-state index in [1.54, 1.807) is 6.07 Å². The van der Waals surface area contributed by atoms with E-state index in [1.807, 2.05) is 30.3 Å². The Kier molecular flexibility index (Phi) is 6.49. The van der Waals surface area contributed by atoms with Crippen molar-refractivity contribution in [3.05, 3.63) is 46.4 Å². The van der Waals surface area contributed by atoms with Crippen LogP contribution in [-0.2, 0) is 0 Å². The van der Waals surface area contributed by atoms with E-state index in [-0.39, 0.29) is 0 Å². The lowest BCUT2D eigenvalue weighted by atomic mass is 10.1. The molecule has 0 N–H and O–H groups in total. The lowest BCUT2D eigenvalue weighted by molar-refractivity contribution is 1.39. The highest BCUT2D eigenvalue weighted by molar-refractivity contribution is 7.99. The minimum atomic E-state index is 0.356. The molecule has 2 aromatic rings. The molecule has 0 amide bonds. The van der Waals surface area contributed by atoms with Crippen LogP contribution in [0.2, 0.25) is 10.0 Å². The fourth-order valence-electron chi connectivity index (χ4n) is 1.86. The summed E-state index contributed by atoms with van der Waals surface area (Å²) >= 11 is 15.3. The maximum absolute atomic E-state index is 8.78. The third-order valence-electron chi connectivity index (χ3n) is 2.77. The summed E-state index contributed by atoms with van der Waals surface area (Å²) in [7, 11) is 0. The van der Waals surface area contributed by atoms with E-state index >= 15 is 0 Å². The number of halogens is 2. The minimum Gasteiger partial charge on any atom is -0.197 e. The second kappa shape index (κ2) is 8.36. The van der Waals surface area contributed by atoms with Crippen molar-refractivity contribution in [1.82, 2.24) is 0 Å². The summed E-state index contributed by atoms with van der Waals surface area (Å²) in [5.74, 6) is 0.738. The maximum Gasteiger partial charge on any atom is 0.0855 e. The number of thioether (sulfide) groups is 2. The molecule has 0 saturated carbocycles. The number of nitrogens with zero attached hydrogens (tertiary/aromatic N) is 2. The van der Waals surface area contributed by atoms with E-state index in [4.69, 9.17) is 33.7 Å². The highest BCUT2D eigenvalue weighted by Crippen LogP contribution is 2.39. The van der Waals surface area contributed by atoms with Gasteiger partial charge < -0.3 is 0 Å². The van der Waals surface area contributed by atoms with Gasteiger partial charge in [0.2, 0.25) is 0 Å².